The van der Waals surface area contributed by atoms with Crippen LogP contribution >= 0.6 is 0 Å². The maximum atomic E-state index is 8.06. The Hall–Kier alpha value is -1.89. The van der Waals surface area contributed by atoms with E-state index < -0.39 is 0 Å². The quantitative estimate of drug-likeness (QED) is 0.687. The molecule has 0 atom stereocenters. The lowest BCUT2D eigenvalue weighted by molar-refractivity contribution is 0.414. The highest BCUT2D eigenvalue weighted by Crippen LogP contribution is 2.15. The Labute approximate surface area is 91.7 Å². The molecule has 0 aromatic heterocycles. The molecule has 2 rings (SSSR count). The van der Waals surface area contributed by atoms with E-state index in [0.717, 1.165) is 16.9 Å². The third-order valence-corrected chi connectivity index (χ3v) is 2.15. The molecule has 0 aliphatic carbocycles. The van der Waals surface area contributed by atoms with Gasteiger partial charge in [0.15, 0.2) is 0 Å². The van der Waals surface area contributed by atoms with Gasteiger partial charge in [0.1, 0.15) is 7.12 Å². The highest BCUT2D eigenvalue weighted by molar-refractivity contribution is 5.39. The van der Waals surface area contributed by atoms with Gasteiger partial charge in [-0.15, -0.1) is 0 Å². The van der Waals surface area contributed by atoms with Crippen LogP contribution < -0.4 is 4.74 Å². The van der Waals surface area contributed by atoms with Crippen molar-refractivity contribution in [2.24, 2.45) is 0 Å². The van der Waals surface area contributed by atoms with Crippen molar-refractivity contribution in [3.05, 3.63) is 72.1 Å². The van der Waals surface area contributed by atoms with E-state index in [2.05, 4.69) is 0 Å². The third-order valence-electron chi connectivity index (χ3n) is 2.15. The first kappa shape index (κ1) is 8.42. The van der Waals surface area contributed by atoms with E-state index in [0.29, 0.717) is 6.40 Å². The van der Waals surface area contributed by atoms with Gasteiger partial charge in [-0.25, -0.2) is 0 Å². The average molecular weight is 198 g/mol. The molecule has 74 valence electrons. The molecule has 0 N–H and O–H groups in total. The van der Waals surface area contributed by atoms with E-state index in [1.165, 1.54) is 0 Å². The molecule has 0 radical (unpaired) electrons. The molecule has 0 aliphatic rings. The Bertz CT molecular complexity index is 436. The zero-order chi connectivity index (χ0) is 11.4. The second kappa shape index (κ2) is 4.56. The molecule has 1 nitrogen and oxygen atoms in total. The number of ether oxygens (including phenoxy) is 1. The summed E-state index contributed by atoms with van der Waals surface area (Å²) in [7, 11) is 1.64. The van der Waals surface area contributed by atoms with Crippen LogP contribution in [0, 0.1) is 6.40 Å². The fourth-order valence-electron chi connectivity index (χ4n) is 1.36. The zero-order valence-corrected chi connectivity index (χ0v) is 8.60. The van der Waals surface area contributed by atoms with Crippen LogP contribution in [0.3, 0.4) is 0 Å². The Balaban J connectivity index is 2.24. The molecule has 0 fully saturated rings. The number of hydrogen-bond acceptors (Lipinski definition) is 1. The molecule has 2 aromatic rings. The normalized spacial score (nSPS) is 10.6. The molecule has 0 aliphatic heterocycles. The number of rotatable bonds is 3. The van der Waals surface area contributed by atoms with E-state index in [-0.39, 0.29) is 0 Å². The lowest BCUT2D eigenvalue weighted by Gasteiger charge is -1.98. The van der Waals surface area contributed by atoms with Crippen LogP contribution in [0.15, 0.2) is 54.6 Å². The van der Waals surface area contributed by atoms with Gasteiger partial charge in [0.05, 0.1) is 18.2 Å². The van der Waals surface area contributed by atoms with E-state index in [1.807, 2.05) is 54.6 Å². The highest BCUT2D eigenvalue weighted by Gasteiger charge is 2.02. The SMILES string of the molecule is [2H][C+](c1ccccc1)c1ccc(OC)cc1. The second-order valence-corrected chi connectivity index (χ2v) is 3.22. The summed E-state index contributed by atoms with van der Waals surface area (Å²) in [6.45, 7) is 0. The van der Waals surface area contributed by atoms with E-state index in [1.54, 1.807) is 7.11 Å². The van der Waals surface area contributed by atoms with E-state index in [4.69, 9.17) is 6.11 Å². The predicted octanol–water partition coefficient (Wildman–Crippen LogP) is 3.30. The molecule has 0 heterocycles. The van der Waals surface area contributed by atoms with Crippen LogP contribution in [-0.2, 0) is 0 Å². The Morgan fingerprint density at radius 2 is 1.53 bits per heavy atom. The molecule has 15 heavy (non-hydrogen) atoms. The van der Waals surface area contributed by atoms with E-state index in [9.17, 15) is 0 Å². The summed E-state index contributed by atoms with van der Waals surface area (Å²) in [5.74, 6) is 0.810. The van der Waals surface area contributed by atoms with Crippen molar-refractivity contribution in [1.82, 2.24) is 0 Å². The second-order valence-electron chi connectivity index (χ2n) is 3.22. The van der Waals surface area contributed by atoms with Crippen LogP contribution in [0.5, 0.6) is 5.75 Å². The number of methoxy groups -OCH3 is 1. The van der Waals surface area contributed by atoms with Gasteiger partial charge < -0.3 is 4.74 Å². The summed E-state index contributed by atoms with van der Waals surface area (Å²) < 4.78 is 13.1. The zero-order valence-electron chi connectivity index (χ0n) is 9.60. The summed E-state index contributed by atoms with van der Waals surface area (Å²) in [6, 6.07) is 17.2. The first-order valence-corrected chi connectivity index (χ1v) is 4.84. The fraction of sp³-hybridized carbons (Fsp3) is 0.0714. The van der Waals surface area contributed by atoms with Gasteiger partial charge in [-0.2, -0.15) is 0 Å². The van der Waals surface area contributed by atoms with Crippen LogP contribution in [0.2, 0.25) is 0 Å². The third kappa shape index (κ3) is 2.53. The smallest absolute Gasteiger partial charge is 0.134 e. The van der Waals surface area contributed by atoms with Gasteiger partial charge in [0.25, 0.3) is 0 Å². The first-order valence-electron chi connectivity index (χ1n) is 5.34. The van der Waals surface area contributed by atoms with Crippen molar-refractivity contribution in [3.63, 3.8) is 0 Å². The number of hydrogen-bond donors (Lipinski definition) is 0. The minimum absolute atomic E-state index is 0.531. The van der Waals surface area contributed by atoms with Crippen LogP contribution in [0.4, 0.5) is 0 Å². The minimum atomic E-state index is 0.531. The van der Waals surface area contributed by atoms with Gasteiger partial charge in [-0.3, -0.25) is 0 Å². The van der Waals surface area contributed by atoms with Gasteiger partial charge in [-0.1, -0.05) is 0 Å². The molecule has 0 amide bonds. The maximum Gasteiger partial charge on any atom is 0.134 e. The van der Waals surface area contributed by atoms with E-state index >= 15 is 0 Å². The van der Waals surface area contributed by atoms with Crippen molar-refractivity contribution >= 4 is 0 Å². The summed E-state index contributed by atoms with van der Waals surface area (Å²) in [5.41, 5.74) is 1.82. The van der Waals surface area contributed by atoms with Crippen LogP contribution in [0.1, 0.15) is 12.5 Å². The van der Waals surface area contributed by atoms with Gasteiger partial charge in [0, 0.05) is 42.8 Å². The lowest BCUT2D eigenvalue weighted by Crippen LogP contribution is -1.86. The highest BCUT2D eigenvalue weighted by atomic mass is 16.5. The van der Waals surface area contributed by atoms with Crippen LogP contribution in [-0.4, -0.2) is 7.11 Å². The monoisotopic (exact) mass is 198 g/mol. The topological polar surface area (TPSA) is 9.23 Å². The van der Waals surface area contributed by atoms with Crippen molar-refractivity contribution < 1.29 is 6.11 Å². The van der Waals surface area contributed by atoms with Gasteiger partial charge >= 0.3 is 0 Å². The molecule has 1 heteroatoms. The molecule has 0 bridgehead atoms. The van der Waals surface area contributed by atoms with Crippen LogP contribution in [0.25, 0.3) is 0 Å². The van der Waals surface area contributed by atoms with Gasteiger partial charge in [0.2, 0.25) is 0 Å². The van der Waals surface area contributed by atoms with Gasteiger partial charge in [-0.05, 0) is 18.2 Å². The maximum absolute atomic E-state index is 8.06. The van der Waals surface area contributed by atoms with Crippen molar-refractivity contribution in [2.75, 3.05) is 7.11 Å². The summed E-state index contributed by atoms with van der Waals surface area (Å²) in [5, 5.41) is 0. The summed E-state index contributed by atoms with van der Waals surface area (Å²) in [6.07, 6.45) is 0.531. The predicted molar refractivity (Wildman–Crippen MR) is 61.9 cm³/mol. The molecular formula is C14H13O+. The van der Waals surface area contributed by atoms with Crippen molar-refractivity contribution in [3.8, 4) is 5.75 Å². The largest absolute Gasteiger partial charge is 0.495 e. The molecule has 0 saturated carbocycles. The molecule has 2 aromatic carbocycles. The molecule has 0 unspecified atom stereocenters. The summed E-state index contributed by atoms with van der Waals surface area (Å²) >= 11 is 0. The standard InChI is InChI=1S/C14H13O/c1-15-14-9-7-13(8-10-14)11-12-5-3-2-4-6-12/h2-11H,1H3/q+1/i11D. The summed E-state index contributed by atoms with van der Waals surface area (Å²) in [4.78, 5) is 0. The average Bonchev–Trinajstić information content (AvgIpc) is 2.39. The molecular weight excluding hydrogens is 184 g/mol. The molecule has 0 saturated heterocycles. The Kier molecular flexibility index (Phi) is 2.56. The Morgan fingerprint density at radius 3 is 2.13 bits per heavy atom. The minimum Gasteiger partial charge on any atom is -0.495 e. The van der Waals surface area contributed by atoms with Crippen molar-refractivity contribution in [1.29, 1.82) is 0 Å². The Morgan fingerprint density at radius 1 is 0.933 bits per heavy atom. The number of benzene rings is 2. The lowest BCUT2D eigenvalue weighted by atomic mass is 10.1. The molecule has 0 spiro atoms. The fourth-order valence-corrected chi connectivity index (χ4v) is 1.36. The van der Waals surface area contributed by atoms with Crippen molar-refractivity contribution in [2.45, 2.75) is 0 Å². The first-order chi connectivity index (χ1) is 7.81.